The second-order valence-electron chi connectivity index (χ2n) is 6.91. The van der Waals surface area contributed by atoms with E-state index in [9.17, 15) is 9.59 Å². The van der Waals surface area contributed by atoms with Crippen molar-refractivity contribution in [2.45, 2.75) is 18.8 Å². The van der Waals surface area contributed by atoms with Crippen molar-refractivity contribution >= 4 is 5.91 Å². The van der Waals surface area contributed by atoms with Crippen LogP contribution >= 0.6 is 0 Å². The van der Waals surface area contributed by atoms with Crippen LogP contribution in [0, 0.1) is 0 Å². The fourth-order valence-electron chi connectivity index (χ4n) is 3.43. The zero-order valence-electron chi connectivity index (χ0n) is 16.1. The minimum absolute atomic E-state index is 0.152. The summed E-state index contributed by atoms with van der Waals surface area (Å²) in [6.45, 7) is 1.16. The van der Waals surface area contributed by atoms with Crippen molar-refractivity contribution in [3.05, 3.63) is 76.6 Å². The van der Waals surface area contributed by atoms with Crippen LogP contribution in [0.3, 0.4) is 0 Å². The molecule has 8 nitrogen and oxygen atoms in total. The van der Waals surface area contributed by atoms with Crippen LogP contribution in [-0.2, 0) is 7.05 Å². The van der Waals surface area contributed by atoms with Gasteiger partial charge in [-0.2, -0.15) is 5.10 Å². The van der Waals surface area contributed by atoms with Crippen LogP contribution in [0.25, 0.3) is 0 Å². The number of ether oxygens (including phenoxy) is 1. The summed E-state index contributed by atoms with van der Waals surface area (Å²) >= 11 is 0. The van der Waals surface area contributed by atoms with E-state index < -0.39 is 0 Å². The van der Waals surface area contributed by atoms with E-state index in [0.29, 0.717) is 24.7 Å². The Hall–Kier alpha value is -3.55. The van der Waals surface area contributed by atoms with Gasteiger partial charge in [-0.25, -0.2) is 9.67 Å². The van der Waals surface area contributed by atoms with E-state index in [2.05, 4.69) is 15.1 Å². The number of hydrogen-bond donors (Lipinski definition) is 0. The molecule has 3 aromatic rings. The molecule has 0 saturated carbocycles. The molecule has 0 atom stereocenters. The topological polar surface area (TPSA) is 90.2 Å². The molecular formula is C21H21N5O3. The van der Waals surface area contributed by atoms with Crippen molar-refractivity contribution < 1.29 is 9.53 Å². The van der Waals surface area contributed by atoms with E-state index in [0.717, 1.165) is 18.5 Å². The number of carbonyl (C=O) groups excluding carboxylic acids is 1. The van der Waals surface area contributed by atoms with Crippen molar-refractivity contribution in [1.29, 1.82) is 0 Å². The number of aromatic nitrogens is 4. The predicted molar refractivity (Wildman–Crippen MR) is 106 cm³/mol. The number of para-hydroxylation sites is 1. The largest absolute Gasteiger partial charge is 0.437 e. The molecule has 0 spiro atoms. The molecular weight excluding hydrogens is 370 g/mol. The first-order chi connectivity index (χ1) is 14.1. The van der Waals surface area contributed by atoms with Crippen molar-refractivity contribution in [2.24, 2.45) is 7.05 Å². The lowest BCUT2D eigenvalue weighted by Crippen LogP contribution is -2.39. The highest BCUT2D eigenvalue weighted by atomic mass is 16.5. The number of benzene rings is 1. The zero-order valence-corrected chi connectivity index (χ0v) is 16.1. The Labute approximate surface area is 167 Å². The first-order valence-electron chi connectivity index (χ1n) is 9.49. The van der Waals surface area contributed by atoms with Crippen LogP contribution in [0.5, 0.6) is 11.6 Å². The minimum Gasteiger partial charge on any atom is -0.437 e. The average Bonchev–Trinajstić information content (AvgIpc) is 2.76. The summed E-state index contributed by atoms with van der Waals surface area (Å²) in [5.74, 6) is 1.20. The van der Waals surface area contributed by atoms with Gasteiger partial charge in [0.1, 0.15) is 17.1 Å². The molecule has 0 N–H and O–H groups in total. The molecule has 3 heterocycles. The van der Waals surface area contributed by atoms with E-state index in [1.54, 1.807) is 17.3 Å². The molecule has 1 fully saturated rings. The molecule has 4 rings (SSSR count). The Kier molecular flexibility index (Phi) is 5.33. The van der Waals surface area contributed by atoms with Gasteiger partial charge < -0.3 is 9.64 Å². The third-order valence-corrected chi connectivity index (χ3v) is 5.00. The Morgan fingerprint density at radius 1 is 1.03 bits per heavy atom. The van der Waals surface area contributed by atoms with Crippen molar-refractivity contribution in [3.8, 4) is 11.6 Å². The maximum absolute atomic E-state index is 12.7. The minimum atomic E-state index is -0.242. The van der Waals surface area contributed by atoms with Gasteiger partial charge in [0.25, 0.3) is 11.5 Å². The molecule has 1 aliphatic heterocycles. The van der Waals surface area contributed by atoms with Gasteiger partial charge in [-0.1, -0.05) is 18.2 Å². The van der Waals surface area contributed by atoms with Crippen LogP contribution in [-0.4, -0.2) is 43.6 Å². The molecule has 1 aromatic carbocycles. The lowest BCUT2D eigenvalue weighted by Gasteiger charge is -2.31. The molecule has 1 saturated heterocycles. The van der Waals surface area contributed by atoms with E-state index in [1.165, 1.54) is 23.9 Å². The van der Waals surface area contributed by atoms with Gasteiger partial charge in [0.05, 0.1) is 0 Å². The molecule has 2 aromatic heterocycles. The monoisotopic (exact) mass is 391 g/mol. The number of amides is 1. The summed E-state index contributed by atoms with van der Waals surface area (Å²) in [4.78, 5) is 34.8. The molecule has 0 bridgehead atoms. The lowest BCUT2D eigenvalue weighted by atomic mass is 9.93. The predicted octanol–water partition coefficient (Wildman–Crippen LogP) is 2.38. The third kappa shape index (κ3) is 4.16. The highest BCUT2D eigenvalue weighted by molar-refractivity contribution is 5.92. The lowest BCUT2D eigenvalue weighted by molar-refractivity contribution is 0.0703. The maximum Gasteiger partial charge on any atom is 0.274 e. The summed E-state index contributed by atoms with van der Waals surface area (Å²) < 4.78 is 7.11. The summed E-state index contributed by atoms with van der Waals surface area (Å²) in [6, 6.07) is 12.3. The number of aryl methyl sites for hydroxylation is 1. The smallest absolute Gasteiger partial charge is 0.274 e. The van der Waals surface area contributed by atoms with E-state index in [1.807, 2.05) is 30.3 Å². The number of rotatable bonds is 4. The number of nitrogens with zero attached hydrogens (tertiary/aromatic N) is 5. The Morgan fingerprint density at radius 3 is 2.48 bits per heavy atom. The van der Waals surface area contributed by atoms with Crippen LogP contribution < -0.4 is 10.3 Å². The second-order valence-corrected chi connectivity index (χ2v) is 6.91. The average molecular weight is 391 g/mol. The van der Waals surface area contributed by atoms with Crippen molar-refractivity contribution in [1.82, 2.24) is 24.6 Å². The van der Waals surface area contributed by atoms with Crippen LogP contribution in [0.4, 0.5) is 0 Å². The van der Waals surface area contributed by atoms with Crippen LogP contribution in [0.15, 0.2) is 59.7 Å². The van der Waals surface area contributed by atoms with Gasteiger partial charge >= 0.3 is 0 Å². The van der Waals surface area contributed by atoms with Crippen molar-refractivity contribution in [2.75, 3.05) is 13.1 Å². The van der Waals surface area contributed by atoms with E-state index in [-0.39, 0.29) is 23.1 Å². The summed E-state index contributed by atoms with van der Waals surface area (Å²) in [5, 5.41) is 4.06. The fourth-order valence-corrected chi connectivity index (χ4v) is 3.43. The molecule has 29 heavy (non-hydrogen) atoms. The van der Waals surface area contributed by atoms with Gasteiger partial charge in [-0.05, 0) is 31.0 Å². The summed E-state index contributed by atoms with van der Waals surface area (Å²) in [5.41, 5.74) is 0.843. The number of likely N-dealkylation sites (tertiary alicyclic amines) is 1. The quantitative estimate of drug-likeness (QED) is 0.678. The first-order valence-corrected chi connectivity index (χ1v) is 9.49. The summed E-state index contributed by atoms with van der Waals surface area (Å²) in [6.07, 6.45) is 4.79. The molecule has 1 amide bonds. The van der Waals surface area contributed by atoms with Gasteiger partial charge in [0.15, 0.2) is 0 Å². The molecule has 148 valence electrons. The molecule has 0 unspecified atom stereocenters. The SMILES string of the molecule is Cn1nc(C(=O)N2CCC(c3nccnc3Oc3ccccc3)CC2)ccc1=O. The maximum atomic E-state index is 12.7. The van der Waals surface area contributed by atoms with Crippen LogP contribution in [0.1, 0.15) is 34.9 Å². The number of piperidine rings is 1. The zero-order chi connectivity index (χ0) is 20.2. The molecule has 1 aliphatic rings. The molecule has 8 heteroatoms. The standard InChI is InChI=1S/C21H21N5O3/c1-25-18(27)8-7-17(24-25)21(28)26-13-9-15(10-14-26)19-20(23-12-11-22-19)29-16-5-3-2-4-6-16/h2-8,11-12,15H,9-10,13-14H2,1H3. The summed E-state index contributed by atoms with van der Waals surface area (Å²) in [7, 11) is 1.54. The number of carbonyl (C=O) groups is 1. The van der Waals surface area contributed by atoms with Gasteiger partial charge in [-0.3, -0.25) is 14.6 Å². The van der Waals surface area contributed by atoms with Gasteiger partial charge in [0.2, 0.25) is 5.88 Å². The van der Waals surface area contributed by atoms with Crippen LogP contribution in [0.2, 0.25) is 0 Å². The highest BCUT2D eigenvalue weighted by Gasteiger charge is 2.28. The Morgan fingerprint density at radius 2 is 1.76 bits per heavy atom. The third-order valence-electron chi connectivity index (χ3n) is 5.00. The Balaban J connectivity index is 1.45. The Bertz CT molecular complexity index is 1060. The molecule has 0 radical (unpaired) electrons. The van der Waals surface area contributed by atoms with Crippen molar-refractivity contribution in [3.63, 3.8) is 0 Å². The van der Waals surface area contributed by atoms with E-state index >= 15 is 0 Å². The fraction of sp³-hybridized carbons (Fsp3) is 0.286. The first kappa shape index (κ1) is 18.8. The normalized spacial score (nSPS) is 14.6. The highest BCUT2D eigenvalue weighted by Crippen LogP contribution is 2.33. The second kappa shape index (κ2) is 8.22. The van der Waals surface area contributed by atoms with E-state index in [4.69, 9.17) is 4.74 Å². The van der Waals surface area contributed by atoms with Gasteiger partial charge in [0, 0.05) is 44.5 Å². The molecule has 0 aliphatic carbocycles. The van der Waals surface area contributed by atoms with Gasteiger partial charge in [-0.15, -0.1) is 0 Å². The number of hydrogen-bond acceptors (Lipinski definition) is 6.